The Morgan fingerprint density at radius 1 is 1.16 bits per heavy atom. The fourth-order valence-electron chi connectivity index (χ4n) is 2.55. The predicted molar refractivity (Wildman–Crippen MR) is 75.1 cm³/mol. The molecule has 0 bridgehead atoms. The first-order chi connectivity index (χ1) is 9.35. The molecule has 2 aromatic rings. The lowest BCUT2D eigenvalue weighted by molar-refractivity contribution is 0.283. The van der Waals surface area contributed by atoms with Crippen LogP contribution in [0.1, 0.15) is 18.4 Å². The van der Waals surface area contributed by atoms with Gasteiger partial charge in [-0.25, -0.2) is 4.98 Å². The lowest BCUT2D eigenvalue weighted by Gasteiger charge is -2.24. The van der Waals surface area contributed by atoms with Crippen LogP contribution in [0, 0.1) is 0 Å². The van der Waals surface area contributed by atoms with Crippen LogP contribution in [0.25, 0.3) is 10.8 Å². The van der Waals surface area contributed by atoms with Gasteiger partial charge in [0.15, 0.2) is 0 Å². The summed E-state index contributed by atoms with van der Waals surface area (Å²) in [5.41, 5.74) is 0.846. The van der Waals surface area contributed by atoms with Crippen LogP contribution < -0.4 is 4.90 Å². The maximum Gasteiger partial charge on any atom is 0.136 e. The van der Waals surface area contributed by atoms with Gasteiger partial charge in [0.2, 0.25) is 0 Å². The summed E-state index contributed by atoms with van der Waals surface area (Å²) in [4.78, 5) is 6.70. The van der Waals surface area contributed by atoms with E-state index in [0.29, 0.717) is 12.6 Å². The molecule has 4 heteroatoms. The van der Waals surface area contributed by atoms with E-state index in [4.69, 9.17) is 0 Å². The predicted octanol–water partition coefficient (Wildman–Crippen LogP) is 1.69. The lowest BCUT2D eigenvalue weighted by atomic mass is 10.1. The van der Waals surface area contributed by atoms with Crippen molar-refractivity contribution >= 4 is 16.6 Å². The zero-order chi connectivity index (χ0) is 13.2. The fourth-order valence-corrected chi connectivity index (χ4v) is 2.55. The van der Waals surface area contributed by atoms with Crippen molar-refractivity contribution in [1.29, 1.82) is 0 Å². The van der Waals surface area contributed by atoms with Crippen molar-refractivity contribution in [3.63, 3.8) is 0 Å². The van der Waals surface area contributed by atoms with E-state index in [1.807, 2.05) is 24.3 Å². The van der Waals surface area contributed by atoms with Gasteiger partial charge in [0.1, 0.15) is 5.82 Å². The minimum atomic E-state index is -0.00276. The van der Waals surface area contributed by atoms with Gasteiger partial charge >= 0.3 is 0 Å². The Morgan fingerprint density at radius 2 is 1.89 bits per heavy atom. The zero-order valence-electron chi connectivity index (χ0n) is 10.8. The molecular formula is C15H18N2O2. The van der Waals surface area contributed by atoms with E-state index in [1.165, 1.54) is 0 Å². The molecule has 0 saturated heterocycles. The summed E-state index contributed by atoms with van der Waals surface area (Å²) in [6.45, 7) is 0.742. The Bertz CT molecular complexity index is 581. The van der Waals surface area contributed by atoms with E-state index >= 15 is 0 Å². The molecule has 19 heavy (non-hydrogen) atoms. The monoisotopic (exact) mass is 258 g/mol. The van der Waals surface area contributed by atoms with E-state index in [2.05, 4.69) is 9.88 Å². The van der Waals surface area contributed by atoms with E-state index in [0.717, 1.165) is 35.0 Å². The van der Waals surface area contributed by atoms with Crippen molar-refractivity contribution in [2.24, 2.45) is 0 Å². The third-order valence-electron chi connectivity index (χ3n) is 3.63. The molecule has 3 rings (SSSR count). The van der Waals surface area contributed by atoms with Crippen molar-refractivity contribution in [2.45, 2.75) is 25.5 Å². The summed E-state index contributed by atoms with van der Waals surface area (Å²) in [7, 11) is 0. The van der Waals surface area contributed by atoms with Gasteiger partial charge in [-0.3, -0.25) is 0 Å². The van der Waals surface area contributed by atoms with Crippen molar-refractivity contribution in [2.75, 3.05) is 18.1 Å². The number of rotatable bonds is 5. The second kappa shape index (κ2) is 5.15. The molecule has 1 heterocycles. The molecule has 1 aliphatic rings. The molecular weight excluding hydrogens is 240 g/mol. The third-order valence-corrected chi connectivity index (χ3v) is 3.63. The second-order valence-corrected chi connectivity index (χ2v) is 4.96. The van der Waals surface area contributed by atoms with Gasteiger partial charge in [-0.15, -0.1) is 0 Å². The quantitative estimate of drug-likeness (QED) is 0.857. The van der Waals surface area contributed by atoms with Gasteiger partial charge in [-0.2, -0.15) is 0 Å². The van der Waals surface area contributed by atoms with Gasteiger partial charge in [0.05, 0.1) is 13.2 Å². The highest BCUT2D eigenvalue weighted by Gasteiger charge is 2.30. The number of aliphatic hydroxyl groups excluding tert-OH is 2. The van der Waals surface area contributed by atoms with Gasteiger partial charge in [0, 0.05) is 29.7 Å². The first-order valence-electron chi connectivity index (χ1n) is 6.70. The average molecular weight is 258 g/mol. The Kier molecular flexibility index (Phi) is 3.36. The summed E-state index contributed by atoms with van der Waals surface area (Å²) in [6, 6.07) is 8.50. The highest BCUT2D eigenvalue weighted by atomic mass is 16.3. The van der Waals surface area contributed by atoms with Crippen LogP contribution in [0.15, 0.2) is 30.5 Å². The van der Waals surface area contributed by atoms with E-state index in [1.54, 1.807) is 6.20 Å². The molecule has 1 aromatic carbocycles. The van der Waals surface area contributed by atoms with Crippen LogP contribution in [0.4, 0.5) is 5.82 Å². The van der Waals surface area contributed by atoms with E-state index in [9.17, 15) is 10.2 Å². The first-order valence-corrected chi connectivity index (χ1v) is 6.70. The molecule has 1 aliphatic carbocycles. The highest BCUT2D eigenvalue weighted by molar-refractivity contribution is 5.94. The first kappa shape index (κ1) is 12.4. The Labute approximate surface area is 112 Å². The number of aromatic nitrogens is 1. The SMILES string of the molecule is OCCN(c1ncc(CO)c2ccccc12)C1CC1. The number of fused-ring (bicyclic) bond motifs is 1. The second-order valence-electron chi connectivity index (χ2n) is 4.96. The third kappa shape index (κ3) is 2.29. The molecule has 4 nitrogen and oxygen atoms in total. The molecule has 1 saturated carbocycles. The van der Waals surface area contributed by atoms with Gasteiger partial charge in [-0.05, 0) is 18.2 Å². The summed E-state index contributed by atoms with van der Waals surface area (Å²) in [6.07, 6.45) is 4.07. The summed E-state index contributed by atoms with van der Waals surface area (Å²) >= 11 is 0. The normalized spacial score (nSPS) is 14.8. The molecule has 1 fully saturated rings. The highest BCUT2D eigenvalue weighted by Crippen LogP contribution is 2.35. The van der Waals surface area contributed by atoms with Crippen molar-refractivity contribution in [3.05, 3.63) is 36.0 Å². The smallest absolute Gasteiger partial charge is 0.136 e. The Hall–Kier alpha value is -1.65. The molecule has 0 atom stereocenters. The van der Waals surface area contributed by atoms with E-state index < -0.39 is 0 Å². The maximum absolute atomic E-state index is 9.40. The zero-order valence-corrected chi connectivity index (χ0v) is 10.8. The molecule has 100 valence electrons. The number of benzene rings is 1. The van der Waals surface area contributed by atoms with Gasteiger partial charge in [-0.1, -0.05) is 24.3 Å². The molecule has 1 aromatic heterocycles. The van der Waals surface area contributed by atoms with Crippen LogP contribution in [0.2, 0.25) is 0 Å². The average Bonchev–Trinajstić information content (AvgIpc) is 3.28. The fraction of sp³-hybridized carbons (Fsp3) is 0.400. The largest absolute Gasteiger partial charge is 0.395 e. The van der Waals surface area contributed by atoms with Crippen LogP contribution >= 0.6 is 0 Å². The van der Waals surface area contributed by atoms with Crippen LogP contribution in [0.3, 0.4) is 0 Å². The van der Waals surface area contributed by atoms with Crippen molar-refractivity contribution < 1.29 is 10.2 Å². The van der Waals surface area contributed by atoms with E-state index in [-0.39, 0.29) is 13.2 Å². The van der Waals surface area contributed by atoms with Crippen molar-refractivity contribution in [3.8, 4) is 0 Å². The Balaban J connectivity index is 2.12. The molecule has 0 spiro atoms. The number of hydrogen-bond acceptors (Lipinski definition) is 4. The van der Waals surface area contributed by atoms with Crippen LogP contribution in [-0.4, -0.2) is 34.4 Å². The van der Waals surface area contributed by atoms with Gasteiger partial charge in [0.25, 0.3) is 0 Å². The summed E-state index contributed by atoms with van der Waals surface area (Å²) in [5, 5.41) is 20.7. The number of anilines is 1. The number of hydrogen-bond donors (Lipinski definition) is 2. The summed E-state index contributed by atoms with van der Waals surface area (Å²) < 4.78 is 0. The molecule has 0 radical (unpaired) electrons. The number of nitrogens with zero attached hydrogens (tertiary/aromatic N) is 2. The van der Waals surface area contributed by atoms with Crippen LogP contribution in [-0.2, 0) is 6.61 Å². The summed E-state index contributed by atoms with van der Waals surface area (Å²) in [5.74, 6) is 0.921. The number of pyridine rings is 1. The molecule has 0 amide bonds. The maximum atomic E-state index is 9.40. The van der Waals surface area contributed by atoms with Gasteiger partial charge < -0.3 is 15.1 Å². The molecule has 0 aliphatic heterocycles. The van der Waals surface area contributed by atoms with Crippen molar-refractivity contribution in [1.82, 2.24) is 4.98 Å². The lowest BCUT2D eigenvalue weighted by Crippen LogP contribution is -2.30. The number of aliphatic hydroxyl groups is 2. The standard InChI is InChI=1S/C15H18N2O2/c18-8-7-17(12-5-6-12)15-14-4-2-1-3-13(14)11(10-19)9-16-15/h1-4,9,12,18-19H,5-8,10H2. The minimum Gasteiger partial charge on any atom is -0.395 e. The molecule has 2 N–H and O–H groups in total. The Morgan fingerprint density at radius 3 is 2.53 bits per heavy atom. The van der Waals surface area contributed by atoms with Crippen LogP contribution in [0.5, 0.6) is 0 Å². The minimum absolute atomic E-state index is 0.00276. The molecule has 0 unspecified atom stereocenters. The topological polar surface area (TPSA) is 56.6 Å².